The molecule has 0 bridgehead atoms. The van der Waals surface area contributed by atoms with Gasteiger partial charge < -0.3 is 14.8 Å². The van der Waals surface area contributed by atoms with Crippen LogP contribution in [0.25, 0.3) is 0 Å². The number of hydrogen-bond acceptors (Lipinski definition) is 4. The lowest BCUT2D eigenvalue weighted by atomic mass is 9.89. The monoisotopic (exact) mass is 348 g/mol. The molecule has 2 aliphatic rings. The van der Waals surface area contributed by atoms with Gasteiger partial charge in [0.15, 0.2) is 11.6 Å². The Kier molecular flexibility index (Phi) is 3.85. The Balaban J connectivity index is 1.72. The minimum atomic E-state index is -1.16. The molecule has 24 heavy (non-hydrogen) atoms. The van der Waals surface area contributed by atoms with Crippen molar-refractivity contribution in [3.8, 4) is 11.5 Å². The van der Waals surface area contributed by atoms with Crippen molar-refractivity contribution in [1.29, 1.82) is 0 Å². The van der Waals surface area contributed by atoms with Crippen LogP contribution >= 0.6 is 11.6 Å². The zero-order valence-electron chi connectivity index (χ0n) is 13.3. The second-order valence-electron chi connectivity index (χ2n) is 6.33. The number of halogens is 2. The van der Waals surface area contributed by atoms with E-state index in [1.54, 1.807) is 19.1 Å². The van der Waals surface area contributed by atoms with E-state index in [4.69, 9.17) is 21.1 Å². The van der Waals surface area contributed by atoms with Gasteiger partial charge in [0.25, 0.3) is 5.79 Å². The largest absolute Gasteiger partial charge is 0.443 e. The van der Waals surface area contributed by atoms with E-state index in [0.717, 1.165) is 31.5 Å². The summed E-state index contributed by atoms with van der Waals surface area (Å²) < 4.78 is 26.3. The minimum absolute atomic E-state index is 0.172. The molecular formula is C18H18ClFN2O2. The Bertz CT molecular complexity index is 762. The first-order valence-electron chi connectivity index (χ1n) is 8.10. The van der Waals surface area contributed by atoms with Crippen molar-refractivity contribution in [3.05, 3.63) is 52.6 Å². The summed E-state index contributed by atoms with van der Waals surface area (Å²) in [5, 5.41) is 3.87. The molecule has 126 valence electrons. The van der Waals surface area contributed by atoms with Gasteiger partial charge in [-0.3, -0.25) is 4.98 Å². The lowest BCUT2D eigenvalue weighted by molar-refractivity contribution is -0.0734. The third-order valence-corrected chi connectivity index (χ3v) is 4.88. The first-order chi connectivity index (χ1) is 11.6. The fraction of sp³-hybridized carbons (Fsp3) is 0.389. The summed E-state index contributed by atoms with van der Waals surface area (Å²) >= 11 is 5.89. The molecule has 0 amide bonds. The van der Waals surface area contributed by atoms with Crippen molar-refractivity contribution in [1.82, 2.24) is 10.3 Å². The number of fused-ring (bicyclic) bond motifs is 1. The van der Waals surface area contributed by atoms with Crippen molar-refractivity contribution in [2.45, 2.75) is 31.5 Å². The molecule has 4 nitrogen and oxygen atoms in total. The number of rotatable bonds is 2. The fourth-order valence-corrected chi connectivity index (χ4v) is 3.48. The van der Waals surface area contributed by atoms with Crippen LogP contribution in [0.2, 0.25) is 5.02 Å². The lowest BCUT2D eigenvalue weighted by Gasteiger charge is -2.25. The molecule has 0 saturated carbocycles. The highest BCUT2D eigenvalue weighted by Crippen LogP contribution is 2.50. The first kappa shape index (κ1) is 15.7. The zero-order chi connectivity index (χ0) is 16.7. The predicted molar refractivity (Wildman–Crippen MR) is 89.1 cm³/mol. The van der Waals surface area contributed by atoms with E-state index in [9.17, 15) is 4.39 Å². The third kappa shape index (κ3) is 2.62. The molecule has 1 N–H and O–H groups in total. The van der Waals surface area contributed by atoms with Crippen LogP contribution in [-0.4, -0.2) is 18.1 Å². The SMILES string of the molecule is CC1(c2ccc(Cl)cn2)Oc2c(F)ccc(C3CCNCC3)c2O1. The molecule has 2 aliphatic heterocycles. The molecule has 1 unspecified atom stereocenters. The van der Waals surface area contributed by atoms with E-state index < -0.39 is 11.6 Å². The molecule has 3 heterocycles. The van der Waals surface area contributed by atoms with Crippen molar-refractivity contribution < 1.29 is 13.9 Å². The van der Waals surface area contributed by atoms with Crippen molar-refractivity contribution in [2.24, 2.45) is 0 Å². The summed E-state index contributed by atoms with van der Waals surface area (Å²) in [5.74, 6) is -0.562. The standard InChI is InChI=1S/C18H18ClFN2O2/c1-18(15-5-2-12(19)10-22-15)23-16-13(11-6-8-21-9-7-11)3-4-14(20)17(16)24-18/h2-5,10-11,21H,6-9H2,1H3. The molecule has 1 atom stereocenters. The van der Waals surface area contributed by atoms with E-state index in [2.05, 4.69) is 10.3 Å². The Labute approximate surface area is 144 Å². The average molecular weight is 349 g/mol. The van der Waals surface area contributed by atoms with Gasteiger partial charge in [-0.25, -0.2) is 4.39 Å². The number of piperidine rings is 1. The Morgan fingerprint density at radius 1 is 1.17 bits per heavy atom. The summed E-state index contributed by atoms with van der Waals surface area (Å²) in [4.78, 5) is 4.27. The molecular weight excluding hydrogens is 331 g/mol. The van der Waals surface area contributed by atoms with Crippen molar-refractivity contribution in [2.75, 3.05) is 13.1 Å². The quantitative estimate of drug-likeness (QED) is 0.891. The highest BCUT2D eigenvalue weighted by atomic mass is 35.5. The van der Waals surface area contributed by atoms with Crippen LogP contribution in [0.15, 0.2) is 30.5 Å². The van der Waals surface area contributed by atoms with E-state index in [1.807, 2.05) is 6.07 Å². The van der Waals surface area contributed by atoms with Crippen molar-refractivity contribution in [3.63, 3.8) is 0 Å². The van der Waals surface area contributed by atoms with Gasteiger partial charge in [0.05, 0.1) is 5.02 Å². The minimum Gasteiger partial charge on any atom is -0.443 e. The first-order valence-corrected chi connectivity index (χ1v) is 8.48. The topological polar surface area (TPSA) is 43.4 Å². The molecule has 2 aromatic rings. The van der Waals surface area contributed by atoms with E-state index in [0.29, 0.717) is 22.4 Å². The van der Waals surface area contributed by atoms with Gasteiger partial charge in [-0.05, 0) is 50.0 Å². The number of pyridine rings is 1. The van der Waals surface area contributed by atoms with Gasteiger partial charge in [0.1, 0.15) is 5.69 Å². The second kappa shape index (κ2) is 5.90. The van der Waals surface area contributed by atoms with Gasteiger partial charge in [-0.1, -0.05) is 17.7 Å². The van der Waals surface area contributed by atoms with Crippen LogP contribution in [0.1, 0.15) is 36.9 Å². The average Bonchev–Trinajstić information content (AvgIpc) is 2.96. The highest BCUT2D eigenvalue weighted by Gasteiger charge is 2.43. The van der Waals surface area contributed by atoms with Gasteiger partial charge in [-0.15, -0.1) is 0 Å². The predicted octanol–water partition coefficient (Wildman–Crippen LogP) is 3.99. The van der Waals surface area contributed by atoms with Crippen molar-refractivity contribution >= 4 is 11.6 Å². The maximum atomic E-state index is 14.3. The number of benzene rings is 1. The van der Waals surface area contributed by atoms with Gasteiger partial charge in [0.2, 0.25) is 5.75 Å². The summed E-state index contributed by atoms with van der Waals surface area (Å²) in [5.41, 5.74) is 1.56. The van der Waals surface area contributed by atoms with Gasteiger partial charge >= 0.3 is 0 Å². The number of ether oxygens (including phenoxy) is 2. The number of nitrogens with zero attached hydrogens (tertiary/aromatic N) is 1. The van der Waals surface area contributed by atoms with E-state index in [1.165, 1.54) is 12.3 Å². The Hall–Kier alpha value is -1.85. The summed E-state index contributed by atoms with van der Waals surface area (Å²) in [6, 6.07) is 6.72. The summed E-state index contributed by atoms with van der Waals surface area (Å²) in [6.45, 7) is 3.65. The maximum absolute atomic E-state index is 14.3. The lowest BCUT2D eigenvalue weighted by Crippen LogP contribution is -2.33. The van der Waals surface area contributed by atoms with Gasteiger partial charge in [0, 0.05) is 18.7 Å². The van der Waals surface area contributed by atoms with Crippen LogP contribution < -0.4 is 14.8 Å². The molecule has 0 aliphatic carbocycles. The molecule has 0 spiro atoms. The summed E-state index contributed by atoms with van der Waals surface area (Å²) in [6.07, 6.45) is 3.52. The van der Waals surface area contributed by atoms with E-state index in [-0.39, 0.29) is 5.75 Å². The van der Waals surface area contributed by atoms with Crippen LogP contribution in [0.5, 0.6) is 11.5 Å². The zero-order valence-corrected chi connectivity index (χ0v) is 14.1. The normalized spacial score (nSPS) is 23.5. The van der Waals surface area contributed by atoms with Crippen LogP contribution in [0.4, 0.5) is 4.39 Å². The van der Waals surface area contributed by atoms with Crippen LogP contribution in [0.3, 0.4) is 0 Å². The summed E-state index contributed by atoms with van der Waals surface area (Å²) in [7, 11) is 0. The molecule has 1 aromatic heterocycles. The third-order valence-electron chi connectivity index (χ3n) is 4.66. The van der Waals surface area contributed by atoms with Gasteiger partial charge in [-0.2, -0.15) is 0 Å². The van der Waals surface area contributed by atoms with E-state index >= 15 is 0 Å². The highest BCUT2D eigenvalue weighted by molar-refractivity contribution is 6.30. The Morgan fingerprint density at radius 3 is 2.62 bits per heavy atom. The fourth-order valence-electron chi connectivity index (χ4n) is 3.37. The number of aromatic nitrogens is 1. The number of hydrogen-bond donors (Lipinski definition) is 1. The second-order valence-corrected chi connectivity index (χ2v) is 6.77. The number of nitrogens with one attached hydrogen (secondary N) is 1. The molecule has 4 rings (SSSR count). The smallest absolute Gasteiger partial charge is 0.292 e. The maximum Gasteiger partial charge on any atom is 0.292 e. The van der Waals surface area contributed by atoms with Crippen LogP contribution in [-0.2, 0) is 5.79 Å². The Morgan fingerprint density at radius 2 is 1.92 bits per heavy atom. The molecule has 6 heteroatoms. The van der Waals surface area contributed by atoms with Crippen LogP contribution in [0, 0.1) is 5.82 Å². The molecule has 1 saturated heterocycles. The molecule has 0 radical (unpaired) electrons. The molecule has 1 fully saturated rings. The molecule has 1 aromatic carbocycles.